The molecule has 1 aliphatic heterocycles. The monoisotopic (exact) mass is 236 g/mol. The topological polar surface area (TPSA) is 64.2 Å². The van der Waals surface area contributed by atoms with Gasteiger partial charge in [-0.15, -0.1) is 0 Å². The quantitative estimate of drug-likeness (QED) is 0.774. The Bertz CT molecular complexity index is 380. The number of carbonyl (C=O) groups is 1. The number of hydrogen-bond acceptors (Lipinski definition) is 4. The lowest BCUT2D eigenvalue weighted by Gasteiger charge is -2.29. The Labute approximate surface area is 102 Å². The van der Waals surface area contributed by atoms with Crippen LogP contribution in [0.5, 0.6) is 0 Å². The number of imidazole rings is 1. The first-order chi connectivity index (χ1) is 8.20. The molecule has 5 heteroatoms. The first-order valence-electron chi connectivity index (χ1n) is 6.23. The van der Waals surface area contributed by atoms with E-state index in [9.17, 15) is 4.79 Å². The van der Waals surface area contributed by atoms with Gasteiger partial charge in [0.05, 0.1) is 6.54 Å². The van der Waals surface area contributed by atoms with Crippen molar-refractivity contribution in [1.29, 1.82) is 0 Å². The first kappa shape index (κ1) is 12.3. The number of nitrogens with zero attached hydrogens (tertiary/aromatic N) is 3. The molecule has 1 aromatic rings. The van der Waals surface area contributed by atoms with Crippen LogP contribution in [0.3, 0.4) is 0 Å². The maximum Gasteiger partial charge on any atom is 0.212 e. The molecular weight excluding hydrogens is 216 g/mol. The number of likely N-dealkylation sites (tertiary alicyclic amines) is 1. The fourth-order valence-electron chi connectivity index (χ4n) is 2.20. The molecule has 0 radical (unpaired) electrons. The number of ketones is 1. The fraction of sp³-hybridized carbons (Fsp3) is 0.667. The van der Waals surface area contributed by atoms with Gasteiger partial charge in [-0.2, -0.15) is 0 Å². The lowest BCUT2D eigenvalue weighted by molar-refractivity contribution is 0.0895. The molecule has 0 atom stereocenters. The zero-order chi connectivity index (χ0) is 12.3. The van der Waals surface area contributed by atoms with Crippen LogP contribution in [0.15, 0.2) is 12.4 Å². The minimum atomic E-state index is 0.104. The largest absolute Gasteiger partial charge is 0.329 e. The third-order valence-electron chi connectivity index (χ3n) is 3.31. The van der Waals surface area contributed by atoms with Crippen LogP contribution in [0.1, 0.15) is 30.4 Å². The Morgan fingerprint density at radius 2 is 2.24 bits per heavy atom. The summed E-state index contributed by atoms with van der Waals surface area (Å²) >= 11 is 0. The van der Waals surface area contributed by atoms with Crippen molar-refractivity contribution in [1.82, 2.24) is 14.5 Å². The number of piperidine rings is 1. The van der Waals surface area contributed by atoms with E-state index in [1.54, 1.807) is 6.20 Å². The van der Waals surface area contributed by atoms with E-state index in [-0.39, 0.29) is 5.78 Å². The number of nitrogens with two attached hydrogens (primary N) is 1. The molecule has 0 amide bonds. The maximum absolute atomic E-state index is 12.1. The number of hydrogen-bond donors (Lipinski definition) is 1. The van der Waals surface area contributed by atoms with Gasteiger partial charge in [0, 0.05) is 38.1 Å². The number of rotatable bonds is 4. The van der Waals surface area contributed by atoms with Gasteiger partial charge in [0.1, 0.15) is 0 Å². The molecule has 0 saturated carbocycles. The molecule has 2 heterocycles. The van der Waals surface area contributed by atoms with Crippen molar-refractivity contribution in [2.24, 2.45) is 5.73 Å². The van der Waals surface area contributed by atoms with Gasteiger partial charge in [0.2, 0.25) is 5.78 Å². The van der Waals surface area contributed by atoms with Gasteiger partial charge < -0.3 is 10.3 Å². The molecule has 0 bridgehead atoms. The van der Waals surface area contributed by atoms with Crippen LogP contribution in [0, 0.1) is 0 Å². The van der Waals surface area contributed by atoms with Crippen LogP contribution in [-0.2, 0) is 6.54 Å². The Kier molecular flexibility index (Phi) is 3.91. The molecule has 0 aromatic carbocycles. The second-order valence-electron chi connectivity index (χ2n) is 4.57. The van der Waals surface area contributed by atoms with E-state index in [0.29, 0.717) is 18.4 Å². The van der Waals surface area contributed by atoms with Crippen LogP contribution < -0.4 is 5.73 Å². The van der Waals surface area contributed by atoms with Crippen LogP contribution in [-0.4, -0.2) is 45.9 Å². The molecule has 0 spiro atoms. The third-order valence-corrected chi connectivity index (χ3v) is 3.31. The first-order valence-corrected chi connectivity index (χ1v) is 6.23. The Morgan fingerprint density at radius 1 is 1.53 bits per heavy atom. The highest BCUT2D eigenvalue weighted by Crippen LogP contribution is 2.09. The van der Waals surface area contributed by atoms with Crippen molar-refractivity contribution in [3.63, 3.8) is 0 Å². The highest BCUT2D eigenvalue weighted by Gasteiger charge is 2.20. The van der Waals surface area contributed by atoms with Crippen molar-refractivity contribution in [2.75, 3.05) is 19.6 Å². The summed E-state index contributed by atoms with van der Waals surface area (Å²) in [5.74, 6) is 0.676. The molecule has 1 saturated heterocycles. The lowest BCUT2D eigenvalue weighted by Crippen LogP contribution is -2.42. The summed E-state index contributed by atoms with van der Waals surface area (Å²) in [4.78, 5) is 18.4. The molecule has 0 unspecified atom stereocenters. The van der Waals surface area contributed by atoms with E-state index in [0.717, 1.165) is 32.5 Å². The van der Waals surface area contributed by atoms with Gasteiger partial charge in [-0.05, 0) is 19.8 Å². The molecule has 2 N–H and O–H groups in total. The van der Waals surface area contributed by atoms with E-state index in [4.69, 9.17) is 5.73 Å². The van der Waals surface area contributed by atoms with Crippen LogP contribution in [0.4, 0.5) is 0 Å². The second-order valence-corrected chi connectivity index (χ2v) is 4.57. The van der Waals surface area contributed by atoms with Gasteiger partial charge in [-0.25, -0.2) is 4.98 Å². The standard InChI is InChI=1S/C12H20N4O/c1-2-16-8-5-14-12(16)11(17)9-15-6-3-10(13)4-7-15/h5,8,10H,2-4,6-7,9,13H2,1H3. The SMILES string of the molecule is CCn1ccnc1C(=O)CN1CCC(N)CC1. The average molecular weight is 236 g/mol. The molecule has 5 nitrogen and oxygen atoms in total. The molecule has 2 rings (SSSR count). The molecule has 1 aromatic heterocycles. The zero-order valence-electron chi connectivity index (χ0n) is 10.3. The highest BCUT2D eigenvalue weighted by atomic mass is 16.1. The summed E-state index contributed by atoms with van der Waals surface area (Å²) in [6.07, 6.45) is 5.49. The van der Waals surface area contributed by atoms with Crippen LogP contribution in [0.2, 0.25) is 0 Å². The average Bonchev–Trinajstić information content (AvgIpc) is 2.80. The van der Waals surface area contributed by atoms with Gasteiger partial charge >= 0.3 is 0 Å². The normalized spacial score (nSPS) is 18.5. The molecule has 0 aliphatic carbocycles. The number of aryl methyl sites for hydroxylation is 1. The Hall–Kier alpha value is -1.20. The zero-order valence-corrected chi connectivity index (χ0v) is 10.3. The molecule has 1 aliphatic rings. The van der Waals surface area contributed by atoms with Crippen molar-refractivity contribution in [3.8, 4) is 0 Å². The van der Waals surface area contributed by atoms with Crippen molar-refractivity contribution < 1.29 is 4.79 Å². The number of Topliss-reactive ketones (excluding diaryl/α,β-unsaturated/α-hetero) is 1. The summed E-state index contributed by atoms with van der Waals surface area (Å²) in [5, 5.41) is 0. The van der Waals surface area contributed by atoms with Crippen LogP contribution >= 0.6 is 0 Å². The second kappa shape index (κ2) is 5.42. The fourth-order valence-corrected chi connectivity index (χ4v) is 2.20. The van der Waals surface area contributed by atoms with Crippen molar-refractivity contribution >= 4 is 5.78 Å². The summed E-state index contributed by atoms with van der Waals surface area (Å²) < 4.78 is 1.89. The van der Waals surface area contributed by atoms with Gasteiger partial charge in [-0.3, -0.25) is 9.69 Å². The maximum atomic E-state index is 12.1. The third kappa shape index (κ3) is 2.92. The number of carbonyl (C=O) groups excluding carboxylic acids is 1. The van der Waals surface area contributed by atoms with E-state index < -0.39 is 0 Å². The van der Waals surface area contributed by atoms with E-state index in [2.05, 4.69) is 9.88 Å². The molecule has 1 fully saturated rings. The Balaban J connectivity index is 1.93. The van der Waals surface area contributed by atoms with Gasteiger partial charge in [-0.1, -0.05) is 0 Å². The van der Waals surface area contributed by atoms with Gasteiger partial charge in [0.15, 0.2) is 5.82 Å². The van der Waals surface area contributed by atoms with Gasteiger partial charge in [0.25, 0.3) is 0 Å². The summed E-state index contributed by atoms with van der Waals surface area (Å²) in [7, 11) is 0. The van der Waals surface area contributed by atoms with Crippen molar-refractivity contribution in [2.45, 2.75) is 32.4 Å². The summed E-state index contributed by atoms with van der Waals surface area (Å²) in [6.45, 7) is 5.09. The lowest BCUT2D eigenvalue weighted by atomic mass is 10.1. The van der Waals surface area contributed by atoms with Crippen molar-refractivity contribution in [3.05, 3.63) is 18.2 Å². The van der Waals surface area contributed by atoms with E-state index in [1.807, 2.05) is 17.7 Å². The molecule has 17 heavy (non-hydrogen) atoms. The number of aromatic nitrogens is 2. The van der Waals surface area contributed by atoms with E-state index >= 15 is 0 Å². The molecular formula is C12H20N4O. The van der Waals surface area contributed by atoms with Crippen LogP contribution in [0.25, 0.3) is 0 Å². The summed E-state index contributed by atoms with van der Waals surface area (Å²) in [6, 6.07) is 0.305. The smallest absolute Gasteiger partial charge is 0.212 e. The predicted octanol–water partition coefficient (Wildman–Crippen LogP) is 0.509. The molecule has 94 valence electrons. The minimum Gasteiger partial charge on any atom is -0.329 e. The predicted molar refractivity (Wildman–Crippen MR) is 65.9 cm³/mol. The summed E-state index contributed by atoms with van der Waals surface area (Å²) in [5.41, 5.74) is 5.84. The Morgan fingerprint density at radius 3 is 2.88 bits per heavy atom. The van der Waals surface area contributed by atoms with E-state index in [1.165, 1.54) is 0 Å². The highest BCUT2D eigenvalue weighted by molar-refractivity contribution is 5.94. The minimum absolute atomic E-state index is 0.104.